The van der Waals surface area contributed by atoms with Crippen molar-refractivity contribution in [3.63, 3.8) is 0 Å². The van der Waals surface area contributed by atoms with Gasteiger partial charge in [0.25, 0.3) is 0 Å². The summed E-state index contributed by atoms with van der Waals surface area (Å²) in [6.07, 6.45) is 1.71. The fourth-order valence-corrected chi connectivity index (χ4v) is 1.99. The van der Waals surface area contributed by atoms with Crippen LogP contribution in [-0.2, 0) is 4.74 Å². The van der Waals surface area contributed by atoms with Crippen LogP contribution < -0.4 is 5.32 Å². The van der Waals surface area contributed by atoms with Crippen LogP contribution in [0.5, 0.6) is 0 Å². The Morgan fingerprint density at radius 1 is 1.53 bits per heavy atom. The first-order valence-corrected chi connectivity index (χ1v) is 5.91. The van der Waals surface area contributed by atoms with Gasteiger partial charge in [0.05, 0.1) is 17.3 Å². The first-order valence-electron chi connectivity index (χ1n) is 5.12. The zero-order chi connectivity index (χ0) is 11.3. The van der Waals surface area contributed by atoms with Crippen LogP contribution in [0.15, 0.2) is 21.2 Å². The number of ether oxygens (including phenoxy) is 1. The van der Waals surface area contributed by atoms with Gasteiger partial charge in [-0.05, 0) is 28.9 Å². The van der Waals surface area contributed by atoms with Crippen LogP contribution in [0.3, 0.4) is 0 Å². The van der Waals surface area contributed by atoms with Crippen LogP contribution in [-0.4, -0.2) is 26.3 Å². The molecule has 1 rings (SSSR count). The van der Waals surface area contributed by atoms with Crippen LogP contribution in [0.1, 0.15) is 25.5 Å². The molecule has 0 saturated carbocycles. The third kappa shape index (κ3) is 3.63. The largest absolute Gasteiger partial charge is 0.468 e. The van der Waals surface area contributed by atoms with E-state index in [0.717, 1.165) is 23.4 Å². The molecule has 1 aromatic rings. The average molecular weight is 276 g/mol. The van der Waals surface area contributed by atoms with E-state index in [1.165, 1.54) is 0 Å². The quantitative estimate of drug-likeness (QED) is 0.811. The third-order valence-corrected chi connectivity index (χ3v) is 3.24. The van der Waals surface area contributed by atoms with Gasteiger partial charge in [-0.25, -0.2) is 0 Å². The highest BCUT2D eigenvalue weighted by molar-refractivity contribution is 9.10. The SMILES string of the molecule is COCCNC(C)C(C)c1occc1Br. The van der Waals surface area contributed by atoms with Gasteiger partial charge in [-0.15, -0.1) is 0 Å². The van der Waals surface area contributed by atoms with Crippen molar-refractivity contribution in [2.75, 3.05) is 20.3 Å². The molecule has 0 aliphatic carbocycles. The summed E-state index contributed by atoms with van der Waals surface area (Å²) in [5.74, 6) is 1.33. The van der Waals surface area contributed by atoms with E-state index in [0.29, 0.717) is 12.0 Å². The minimum atomic E-state index is 0.339. The Morgan fingerprint density at radius 3 is 2.80 bits per heavy atom. The lowest BCUT2D eigenvalue weighted by Crippen LogP contribution is -2.33. The first-order chi connectivity index (χ1) is 7.16. The van der Waals surface area contributed by atoms with E-state index in [2.05, 4.69) is 35.1 Å². The molecule has 86 valence electrons. The number of methoxy groups -OCH3 is 1. The number of hydrogen-bond donors (Lipinski definition) is 1. The molecular formula is C11H18BrNO2. The molecule has 1 N–H and O–H groups in total. The van der Waals surface area contributed by atoms with Crippen LogP contribution in [0.2, 0.25) is 0 Å². The predicted molar refractivity (Wildman–Crippen MR) is 64.2 cm³/mol. The van der Waals surface area contributed by atoms with Gasteiger partial charge in [-0.3, -0.25) is 0 Å². The topological polar surface area (TPSA) is 34.4 Å². The molecule has 1 heterocycles. The summed E-state index contributed by atoms with van der Waals surface area (Å²) >= 11 is 3.47. The van der Waals surface area contributed by atoms with Crippen molar-refractivity contribution in [1.29, 1.82) is 0 Å². The molecule has 0 radical (unpaired) electrons. The highest BCUT2D eigenvalue weighted by Gasteiger charge is 2.18. The summed E-state index contributed by atoms with van der Waals surface area (Å²) in [6, 6.07) is 2.29. The molecular weight excluding hydrogens is 258 g/mol. The lowest BCUT2D eigenvalue weighted by atomic mass is 10.0. The Morgan fingerprint density at radius 2 is 2.27 bits per heavy atom. The molecule has 3 nitrogen and oxygen atoms in total. The van der Waals surface area contributed by atoms with Crippen molar-refractivity contribution >= 4 is 15.9 Å². The lowest BCUT2D eigenvalue weighted by molar-refractivity contribution is 0.194. The van der Waals surface area contributed by atoms with Crippen molar-refractivity contribution in [3.8, 4) is 0 Å². The van der Waals surface area contributed by atoms with Crippen molar-refractivity contribution in [2.45, 2.75) is 25.8 Å². The van der Waals surface area contributed by atoms with E-state index in [-0.39, 0.29) is 0 Å². The monoisotopic (exact) mass is 275 g/mol. The Labute approximate surface area is 99.3 Å². The Balaban J connectivity index is 2.46. The number of halogens is 1. The van der Waals surface area contributed by atoms with Gasteiger partial charge >= 0.3 is 0 Å². The molecule has 0 aromatic carbocycles. The molecule has 0 spiro atoms. The zero-order valence-electron chi connectivity index (χ0n) is 9.42. The molecule has 2 unspecified atom stereocenters. The first kappa shape index (κ1) is 12.7. The number of furan rings is 1. The lowest BCUT2D eigenvalue weighted by Gasteiger charge is -2.19. The molecule has 1 aromatic heterocycles. The highest BCUT2D eigenvalue weighted by Crippen LogP contribution is 2.27. The number of hydrogen-bond acceptors (Lipinski definition) is 3. The summed E-state index contributed by atoms with van der Waals surface area (Å²) in [6.45, 7) is 5.89. The Hall–Kier alpha value is -0.320. The highest BCUT2D eigenvalue weighted by atomic mass is 79.9. The van der Waals surface area contributed by atoms with Gasteiger partial charge in [0.1, 0.15) is 5.76 Å². The van der Waals surface area contributed by atoms with Gasteiger partial charge < -0.3 is 14.5 Å². The second-order valence-electron chi connectivity index (χ2n) is 3.66. The van der Waals surface area contributed by atoms with Gasteiger partial charge in [0.15, 0.2) is 0 Å². The van der Waals surface area contributed by atoms with Crippen molar-refractivity contribution in [1.82, 2.24) is 5.32 Å². The van der Waals surface area contributed by atoms with E-state index in [1.807, 2.05) is 6.07 Å². The van der Waals surface area contributed by atoms with Crippen molar-refractivity contribution in [2.24, 2.45) is 0 Å². The fraction of sp³-hybridized carbons (Fsp3) is 0.636. The molecule has 0 aliphatic heterocycles. The molecule has 0 aliphatic rings. The van der Waals surface area contributed by atoms with Gasteiger partial charge in [-0.1, -0.05) is 6.92 Å². The summed E-state index contributed by atoms with van der Waals surface area (Å²) < 4.78 is 11.5. The molecule has 0 bridgehead atoms. The molecule has 4 heteroatoms. The van der Waals surface area contributed by atoms with Crippen molar-refractivity contribution < 1.29 is 9.15 Å². The van der Waals surface area contributed by atoms with E-state index in [1.54, 1.807) is 13.4 Å². The molecule has 0 fully saturated rings. The zero-order valence-corrected chi connectivity index (χ0v) is 11.0. The molecule has 2 atom stereocenters. The summed E-state index contributed by atoms with van der Waals surface area (Å²) in [4.78, 5) is 0. The Kier molecular flexibility index (Phi) is 5.36. The maximum Gasteiger partial charge on any atom is 0.122 e. The van der Waals surface area contributed by atoms with Crippen molar-refractivity contribution in [3.05, 3.63) is 22.6 Å². The van der Waals surface area contributed by atoms with Crippen LogP contribution >= 0.6 is 15.9 Å². The number of rotatable bonds is 6. The second kappa shape index (κ2) is 6.30. The molecule has 15 heavy (non-hydrogen) atoms. The smallest absolute Gasteiger partial charge is 0.122 e. The average Bonchev–Trinajstić information content (AvgIpc) is 2.63. The second-order valence-corrected chi connectivity index (χ2v) is 4.51. The summed E-state index contributed by atoms with van der Waals surface area (Å²) in [7, 11) is 1.71. The summed E-state index contributed by atoms with van der Waals surface area (Å²) in [5.41, 5.74) is 0. The minimum absolute atomic E-state index is 0.339. The minimum Gasteiger partial charge on any atom is -0.468 e. The van der Waals surface area contributed by atoms with Gasteiger partial charge in [-0.2, -0.15) is 0 Å². The standard InChI is InChI=1S/C11H18BrNO2/c1-8(9(2)13-5-7-14-3)11-10(12)4-6-15-11/h4,6,8-9,13H,5,7H2,1-3H3. The van der Waals surface area contributed by atoms with Gasteiger partial charge in [0, 0.05) is 25.6 Å². The molecule has 0 amide bonds. The normalized spacial score (nSPS) is 15.2. The fourth-order valence-electron chi connectivity index (χ4n) is 1.42. The maximum absolute atomic E-state index is 5.44. The van der Waals surface area contributed by atoms with Crippen LogP contribution in [0.4, 0.5) is 0 Å². The maximum atomic E-state index is 5.44. The summed E-state index contributed by atoms with van der Waals surface area (Å²) in [5, 5.41) is 3.39. The van der Waals surface area contributed by atoms with Crippen LogP contribution in [0, 0.1) is 0 Å². The predicted octanol–water partition coefficient (Wildman–Crippen LogP) is 2.77. The Bertz CT molecular complexity index is 288. The van der Waals surface area contributed by atoms with E-state index < -0.39 is 0 Å². The van der Waals surface area contributed by atoms with Gasteiger partial charge in [0.2, 0.25) is 0 Å². The number of nitrogens with one attached hydrogen (secondary N) is 1. The van der Waals surface area contributed by atoms with E-state index in [4.69, 9.17) is 9.15 Å². The van der Waals surface area contributed by atoms with E-state index in [9.17, 15) is 0 Å². The van der Waals surface area contributed by atoms with Crippen LogP contribution in [0.25, 0.3) is 0 Å². The third-order valence-electron chi connectivity index (χ3n) is 2.58. The van der Waals surface area contributed by atoms with E-state index >= 15 is 0 Å². The molecule has 0 saturated heterocycles.